The average Bonchev–Trinajstić information content (AvgIpc) is 3.04. The number of likely N-dealkylation sites (N-methyl/N-ethyl adjacent to an activating group) is 1. The highest BCUT2D eigenvalue weighted by molar-refractivity contribution is 5.40. The lowest BCUT2D eigenvalue weighted by molar-refractivity contribution is 0.0433. The molecule has 0 radical (unpaired) electrons. The molecular weight excluding hydrogens is 348 g/mol. The van der Waals surface area contributed by atoms with Crippen LogP contribution >= 0.6 is 0 Å². The van der Waals surface area contributed by atoms with Crippen molar-refractivity contribution < 1.29 is 9.47 Å². The molecule has 0 bridgehead atoms. The van der Waals surface area contributed by atoms with Crippen LogP contribution in [0.4, 0.5) is 0 Å². The number of allylic oxidation sites excluding steroid dienone is 1. The number of nitrogens with zero attached hydrogens (tertiary/aromatic N) is 1. The predicted octanol–water partition coefficient (Wildman–Crippen LogP) is 4.18. The Morgan fingerprint density at radius 3 is 2.79 bits per heavy atom. The quantitative estimate of drug-likeness (QED) is 0.569. The van der Waals surface area contributed by atoms with Gasteiger partial charge in [0.1, 0.15) is 0 Å². The fourth-order valence-corrected chi connectivity index (χ4v) is 4.59. The maximum absolute atomic E-state index is 6.39. The van der Waals surface area contributed by atoms with Crippen molar-refractivity contribution in [3.8, 4) is 0 Å². The lowest BCUT2D eigenvalue weighted by atomic mass is 9.67. The smallest absolute Gasteiger partial charge is 0.0714 e. The third kappa shape index (κ3) is 5.56. The first-order chi connectivity index (χ1) is 13.3. The summed E-state index contributed by atoms with van der Waals surface area (Å²) in [6, 6.07) is 0.295. The first-order valence-electron chi connectivity index (χ1n) is 10.9. The largest absolute Gasteiger partial charge is 0.381 e. The second-order valence-corrected chi connectivity index (χ2v) is 9.13. The van der Waals surface area contributed by atoms with E-state index in [1.165, 1.54) is 11.1 Å². The lowest BCUT2D eigenvalue weighted by Crippen LogP contribution is -2.36. The minimum atomic E-state index is 0.0411. The van der Waals surface area contributed by atoms with Gasteiger partial charge in [-0.1, -0.05) is 45.1 Å². The molecule has 0 amide bonds. The van der Waals surface area contributed by atoms with Crippen LogP contribution in [0.3, 0.4) is 0 Å². The molecule has 0 unspecified atom stereocenters. The number of hydrogen-bond acceptors (Lipinski definition) is 4. The van der Waals surface area contributed by atoms with Crippen molar-refractivity contribution in [2.75, 3.05) is 41.0 Å². The number of rotatable bonds is 10. The Morgan fingerprint density at radius 2 is 2.18 bits per heavy atom. The van der Waals surface area contributed by atoms with Crippen LogP contribution in [0, 0.1) is 17.3 Å². The molecule has 4 nitrogen and oxygen atoms in total. The fourth-order valence-electron chi connectivity index (χ4n) is 4.59. The topological polar surface area (TPSA) is 47.7 Å². The maximum atomic E-state index is 6.39. The standard InChI is InChI=1S/C24H42N2O2/c1-7-24-13-12-19(10-11-22(25)18(2)3)15-23(24)28-17-21(24)20(16-26(4)5)9-8-14-27-6/h8-9,12-13,18-19,22-23H,7,10-11,14-17,25H2,1-6H3/b9-8-,21-20-/t19-,22+,23-,24-/m0/s1. The van der Waals surface area contributed by atoms with E-state index in [-0.39, 0.29) is 11.5 Å². The molecule has 4 heteroatoms. The number of ether oxygens (including phenoxy) is 2. The molecule has 0 spiro atoms. The summed E-state index contributed by atoms with van der Waals surface area (Å²) in [5, 5.41) is 0. The molecular formula is C24H42N2O2. The molecule has 1 aliphatic carbocycles. The molecule has 160 valence electrons. The van der Waals surface area contributed by atoms with Gasteiger partial charge in [-0.3, -0.25) is 0 Å². The van der Waals surface area contributed by atoms with E-state index in [1.807, 2.05) is 0 Å². The summed E-state index contributed by atoms with van der Waals surface area (Å²) in [4.78, 5) is 2.23. The first kappa shape index (κ1) is 23.3. The normalized spacial score (nSPS) is 30.5. The summed E-state index contributed by atoms with van der Waals surface area (Å²) in [6.07, 6.45) is 14.0. The molecule has 1 fully saturated rings. The van der Waals surface area contributed by atoms with Crippen molar-refractivity contribution in [1.29, 1.82) is 0 Å². The van der Waals surface area contributed by atoms with Gasteiger partial charge < -0.3 is 20.1 Å². The van der Waals surface area contributed by atoms with Crippen LogP contribution in [0.15, 0.2) is 35.5 Å². The average molecular weight is 391 g/mol. The Kier molecular flexibility index (Phi) is 8.94. The van der Waals surface area contributed by atoms with E-state index in [9.17, 15) is 0 Å². The van der Waals surface area contributed by atoms with Gasteiger partial charge >= 0.3 is 0 Å². The molecule has 28 heavy (non-hydrogen) atoms. The lowest BCUT2D eigenvalue weighted by Gasteiger charge is -2.38. The van der Waals surface area contributed by atoms with Gasteiger partial charge in [-0.25, -0.2) is 0 Å². The van der Waals surface area contributed by atoms with Crippen LogP contribution < -0.4 is 5.73 Å². The Balaban J connectivity index is 2.24. The molecule has 1 saturated heterocycles. The van der Waals surface area contributed by atoms with Gasteiger partial charge in [0.05, 0.1) is 19.3 Å². The summed E-state index contributed by atoms with van der Waals surface area (Å²) >= 11 is 0. The van der Waals surface area contributed by atoms with Gasteiger partial charge in [-0.2, -0.15) is 0 Å². The monoisotopic (exact) mass is 390 g/mol. The molecule has 2 N–H and O–H groups in total. The third-order valence-electron chi connectivity index (χ3n) is 6.52. The molecule has 2 rings (SSSR count). The predicted molar refractivity (Wildman–Crippen MR) is 118 cm³/mol. The summed E-state index contributed by atoms with van der Waals surface area (Å²) < 4.78 is 11.6. The summed E-state index contributed by atoms with van der Waals surface area (Å²) in [5.41, 5.74) is 9.14. The van der Waals surface area contributed by atoms with Crippen molar-refractivity contribution in [2.24, 2.45) is 23.0 Å². The third-order valence-corrected chi connectivity index (χ3v) is 6.52. The number of fused-ring (bicyclic) bond motifs is 1. The van der Waals surface area contributed by atoms with E-state index in [4.69, 9.17) is 15.2 Å². The zero-order valence-electron chi connectivity index (χ0n) is 18.9. The van der Waals surface area contributed by atoms with Gasteiger partial charge in [0.2, 0.25) is 0 Å². The second kappa shape index (κ2) is 10.7. The van der Waals surface area contributed by atoms with Crippen molar-refractivity contribution >= 4 is 0 Å². The molecule has 2 aliphatic rings. The molecule has 0 saturated carbocycles. The van der Waals surface area contributed by atoms with E-state index in [1.54, 1.807) is 7.11 Å². The second-order valence-electron chi connectivity index (χ2n) is 9.13. The van der Waals surface area contributed by atoms with E-state index < -0.39 is 0 Å². The van der Waals surface area contributed by atoms with E-state index >= 15 is 0 Å². The summed E-state index contributed by atoms with van der Waals surface area (Å²) in [7, 11) is 5.99. The van der Waals surface area contributed by atoms with Gasteiger partial charge in [0, 0.05) is 25.1 Å². The van der Waals surface area contributed by atoms with Crippen LogP contribution in [0.25, 0.3) is 0 Å². The van der Waals surface area contributed by atoms with E-state index in [2.05, 4.69) is 64.1 Å². The van der Waals surface area contributed by atoms with Gasteiger partial charge in [0.15, 0.2) is 0 Å². The fraction of sp³-hybridized carbons (Fsp3) is 0.750. The van der Waals surface area contributed by atoms with Crippen LogP contribution in [-0.4, -0.2) is 58.0 Å². The number of hydrogen-bond donors (Lipinski definition) is 1. The zero-order chi connectivity index (χ0) is 20.7. The molecule has 0 aromatic carbocycles. The van der Waals surface area contributed by atoms with Crippen molar-refractivity contribution in [3.63, 3.8) is 0 Å². The van der Waals surface area contributed by atoms with Crippen LogP contribution in [0.2, 0.25) is 0 Å². The van der Waals surface area contributed by atoms with Gasteiger partial charge in [-0.15, -0.1) is 0 Å². The van der Waals surface area contributed by atoms with E-state index in [0.29, 0.717) is 24.5 Å². The van der Waals surface area contributed by atoms with E-state index in [0.717, 1.165) is 38.8 Å². The molecule has 0 aromatic heterocycles. The van der Waals surface area contributed by atoms with Crippen molar-refractivity contribution in [2.45, 2.75) is 58.6 Å². The van der Waals surface area contributed by atoms with Crippen LogP contribution in [0.1, 0.15) is 46.5 Å². The summed E-state index contributed by atoms with van der Waals surface area (Å²) in [5.74, 6) is 1.13. The first-order valence-corrected chi connectivity index (χ1v) is 10.9. The van der Waals surface area contributed by atoms with Gasteiger partial charge in [-0.05, 0) is 62.8 Å². The SMILES string of the molecule is CC[C@@]12C=C[C@H](CC[C@@H](N)C(C)C)C[C@@H]1OC/C2=C(\C=C/COC)CN(C)C. The van der Waals surface area contributed by atoms with Crippen molar-refractivity contribution in [1.82, 2.24) is 4.90 Å². The minimum absolute atomic E-state index is 0.0411. The van der Waals surface area contributed by atoms with Crippen molar-refractivity contribution in [3.05, 3.63) is 35.5 Å². The number of methoxy groups -OCH3 is 1. The Hall–Kier alpha value is -0.940. The molecule has 1 aliphatic heterocycles. The Morgan fingerprint density at radius 1 is 1.43 bits per heavy atom. The maximum Gasteiger partial charge on any atom is 0.0714 e. The van der Waals surface area contributed by atoms with Crippen LogP contribution in [-0.2, 0) is 9.47 Å². The molecule has 1 heterocycles. The Labute approximate surface area is 172 Å². The molecule has 0 aromatic rings. The highest BCUT2D eigenvalue weighted by Gasteiger charge is 2.48. The highest BCUT2D eigenvalue weighted by atomic mass is 16.5. The minimum Gasteiger partial charge on any atom is -0.381 e. The summed E-state index contributed by atoms with van der Waals surface area (Å²) in [6.45, 7) is 9.03. The Bertz CT molecular complexity index is 579. The molecule has 4 atom stereocenters. The van der Waals surface area contributed by atoms with Gasteiger partial charge in [0.25, 0.3) is 0 Å². The van der Waals surface area contributed by atoms with Crippen LogP contribution in [0.5, 0.6) is 0 Å². The highest BCUT2D eigenvalue weighted by Crippen LogP contribution is 2.50. The number of nitrogens with two attached hydrogens (primary N) is 1. The zero-order valence-corrected chi connectivity index (χ0v) is 18.9.